The summed E-state index contributed by atoms with van der Waals surface area (Å²) in [6.45, 7) is 8.14. The van der Waals surface area contributed by atoms with Crippen molar-refractivity contribution in [1.82, 2.24) is 9.80 Å². The highest BCUT2D eigenvalue weighted by molar-refractivity contribution is 6.34. The van der Waals surface area contributed by atoms with Gasteiger partial charge in [0.05, 0.1) is 22.3 Å². The maximum atomic E-state index is 15.3. The van der Waals surface area contributed by atoms with Crippen LogP contribution in [-0.4, -0.2) is 58.2 Å². The highest BCUT2D eigenvalue weighted by Gasteiger charge is 2.38. The van der Waals surface area contributed by atoms with Crippen molar-refractivity contribution in [1.29, 1.82) is 0 Å². The van der Waals surface area contributed by atoms with E-state index >= 15 is 4.39 Å². The lowest BCUT2D eigenvalue weighted by molar-refractivity contribution is 0.00989. The number of aromatic carboxylic acids is 1. The van der Waals surface area contributed by atoms with Crippen LogP contribution in [0.2, 0.25) is 5.02 Å². The number of amides is 3. The number of urea groups is 1. The molecule has 2 unspecified atom stereocenters. The summed E-state index contributed by atoms with van der Waals surface area (Å²) in [5.74, 6) is -2.11. The van der Waals surface area contributed by atoms with Crippen LogP contribution in [0, 0.1) is 11.7 Å². The number of halogens is 2. The minimum atomic E-state index is -1.13. The van der Waals surface area contributed by atoms with Crippen molar-refractivity contribution in [3.8, 4) is 0 Å². The number of carbonyl (C=O) groups excluding carboxylic acids is 2. The van der Waals surface area contributed by atoms with Crippen LogP contribution >= 0.6 is 11.6 Å². The van der Waals surface area contributed by atoms with Crippen LogP contribution in [0.5, 0.6) is 0 Å². The van der Waals surface area contributed by atoms with E-state index < -0.39 is 29.7 Å². The lowest BCUT2D eigenvalue weighted by atomic mass is 9.79. The Morgan fingerprint density at radius 1 is 1.04 bits per heavy atom. The maximum absolute atomic E-state index is 15.3. The molecule has 246 valence electrons. The lowest BCUT2D eigenvalue weighted by Gasteiger charge is -2.42. The van der Waals surface area contributed by atoms with Crippen LogP contribution < -0.4 is 5.32 Å². The maximum Gasteiger partial charge on any atom is 0.410 e. The zero-order chi connectivity index (χ0) is 33.9. The zero-order valence-corrected chi connectivity index (χ0v) is 27.6. The molecule has 10 heteroatoms. The molecule has 2 N–H and O–H groups in total. The Morgan fingerprint density at radius 3 is 2.45 bits per heavy atom. The molecule has 8 nitrogen and oxygen atoms in total. The number of carboxylic acid groups (broad SMARTS) is 1. The van der Waals surface area contributed by atoms with E-state index in [2.05, 4.69) is 5.32 Å². The number of fused-ring (bicyclic) bond motifs is 1. The van der Waals surface area contributed by atoms with Gasteiger partial charge in [-0.25, -0.2) is 18.8 Å². The Bertz CT molecular complexity index is 1790. The van der Waals surface area contributed by atoms with Gasteiger partial charge in [0, 0.05) is 25.6 Å². The van der Waals surface area contributed by atoms with Gasteiger partial charge in [-0.3, -0.25) is 0 Å². The molecule has 0 saturated carbocycles. The minimum absolute atomic E-state index is 0.00122. The van der Waals surface area contributed by atoms with Gasteiger partial charge in [0.2, 0.25) is 0 Å². The normalized spacial score (nSPS) is 17.2. The topological polar surface area (TPSA) is 99.2 Å². The molecule has 3 amide bonds. The van der Waals surface area contributed by atoms with Crippen molar-refractivity contribution in [2.45, 2.75) is 51.7 Å². The Hall–Kier alpha value is -4.63. The molecule has 47 heavy (non-hydrogen) atoms. The van der Waals surface area contributed by atoms with E-state index in [1.165, 1.54) is 24.3 Å². The summed E-state index contributed by atoms with van der Waals surface area (Å²) in [5, 5.41) is 14.2. The number of rotatable bonds is 7. The highest BCUT2D eigenvalue weighted by atomic mass is 35.5. The van der Waals surface area contributed by atoms with Crippen molar-refractivity contribution < 1.29 is 28.6 Å². The molecule has 1 heterocycles. The number of hydrogen-bond acceptors (Lipinski definition) is 4. The van der Waals surface area contributed by atoms with Gasteiger partial charge in [0.1, 0.15) is 11.4 Å². The van der Waals surface area contributed by atoms with Crippen molar-refractivity contribution in [3.63, 3.8) is 0 Å². The van der Waals surface area contributed by atoms with E-state index in [0.717, 1.165) is 16.3 Å². The molecule has 5 rings (SSSR count). The van der Waals surface area contributed by atoms with Crippen LogP contribution in [0.1, 0.15) is 67.6 Å². The Morgan fingerprint density at radius 2 is 1.74 bits per heavy atom. The number of anilines is 1. The Labute approximate surface area is 279 Å². The standard InChI is InChI=1S/C37H39ClFN3O5/c1-23(27-14-9-11-24-10-5-6-12-28(24)27)42(36(46)47-37(2,3)4)22-26-21-41(19-18-29(26)30-13-7-8-15-32(30)39)35(45)40-33-17-16-25(34(43)44)20-31(33)38/h5-17,20,23,26,29H,18-19,21-22H2,1-4H3,(H,40,45)(H,43,44)/t23-,26?,29?/m1/s1. The van der Waals surface area contributed by atoms with E-state index in [1.807, 2.05) is 70.2 Å². The summed E-state index contributed by atoms with van der Waals surface area (Å²) in [6.07, 6.45) is -0.0488. The lowest BCUT2D eigenvalue weighted by Crippen LogP contribution is -2.50. The first-order valence-corrected chi connectivity index (χ1v) is 16.0. The molecule has 0 bridgehead atoms. The highest BCUT2D eigenvalue weighted by Crippen LogP contribution is 2.38. The molecule has 0 radical (unpaired) electrons. The molecule has 0 aromatic heterocycles. The third-order valence-electron chi connectivity index (χ3n) is 8.58. The molecule has 0 spiro atoms. The summed E-state index contributed by atoms with van der Waals surface area (Å²) in [4.78, 5) is 42.2. The van der Waals surface area contributed by atoms with E-state index in [0.29, 0.717) is 18.5 Å². The summed E-state index contributed by atoms with van der Waals surface area (Å²) < 4.78 is 21.2. The minimum Gasteiger partial charge on any atom is -0.478 e. The molecule has 4 aromatic rings. The van der Waals surface area contributed by atoms with Crippen LogP contribution in [0.15, 0.2) is 84.9 Å². The summed E-state index contributed by atoms with van der Waals surface area (Å²) >= 11 is 6.30. The number of nitrogens with one attached hydrogen (secondary N) is 1. The zero-order valence-electron chi connectivity index (χ0n) is 26.9. The molecule has 1 saturated heterocycles. The van der Waals surface area contributed by atoms with Gasteiger partial charge < -0.3 is 25.0 Å². The Kier molecular flexibility index (Phi) is 10.1. The van der Waals surface area contributed by atoms with Crippen LogP contribution in [0.3, 0.4) is 0 Å². The summed E-state index contributed by atoms with van der Waals surface area (Å²) in [7, 11) is 0. The number of nitrogens with zero attached hydrogens (tertiary/aromatic N) is 2. The molecule has 1 fully saturated rings. The van der Waals surface area contributed by atoms with Crippen LogP contribution in [-0.2, 0) is 4.74 Å². The average Bonchev–Trinajstić information content (AvgIpc) is 3.03. The third kappa shape index (κ3) is 7.85. The number of hydrogen-bond donors (Lipinski definition) is 2. The molecular formula is C37H39ClFN3O5. The van der Waals surface area contributed by atoms with Gasteiger partial charge >= 0.3 is 18.1 Å². The van der Waals surface area contributed by atoms with Crippen molar-refractivity contribution in [2.75, 3.05) is 25.0 Å². The number of ether oxygens (including phenoxy) is 1. The van der Waals surface area contributed by atoms with Gasteiger partial charge in [0.25, 0.3) is 0 Å². The number of piperidine rings is 1. The fraction of sp³-hybridized carbons (Fsp3) is 0.324. The second kappa shape index (κ2) is 14.0. The number of benzene rings is 4. The third-order valence-corrected chi connectivity index (χ3v) is 8.90. The number of likely N-dealkylation sites (tertiary alicyclic amines) is 1. The van der Waals surface area contributed by atoms with E-state index in [-0.39, 0.29) is 47.0 Å². The summed E-state index contributed by atoms with van der Waals surface area (Å²) in [5.41, 5.74) is 0.996. The molecule has 1 aliphatic heterocycles. The van der Waals surface area contributed by atoms with Gasteiger partial charge in [-0.15, -0.1) is 0 Å². The van der Waals surface area contributed by atoms with Gasteiger partial charge in [-0.1, -0.05) is 72.3 Å². The van der Waals surface area contributed by atoms with Crippen molar-refractivity contribution in [3.05, 3.63) is 112 Å². The van der Waals surface area contributed by atoms with Crippen molar-refractivity contribution in [2.24, 2.45) is 5.92 Å². The largest absolute Gasteiger partial charge is 0.478 e. The van der Waals surface area contributed by atoms with Gasteiger partial charge in [-0.05, 0) is 86.2 Å². The second-order valence-electron chi connectivity index (χ2n) is 12.9. The summed E-state index contributed by atoms with van der Waals surface area (Å²) in [6, 6.07) is 23.8. The molecule has 3 atom stereocenters. The first kappa shape index (κ1) is 33.7. The smallest absolute Gasteiger partial charge is 0.410 e. The van der Waals surface area contributed by atoms with E-state index in [1.54, 1.807) is 28.0 Å². The molecule has 0 aliphatic carbocycles. The number of carbonyl (C=O) groups is 3. The van der Waals surface area contributed by atoms with Gasteiger partial charge in [-0.2, -0.15) is 0 Å². The fourth-order valence-corrected chi connectivity index (χ4v) is 6.51. The Balaban J connectivity index is 1.48. The van der Waals surface area contributed by atoms with Gasteiger partial charge in [0.15, 0.2) is 0 Å². The van der Waals surface area contributed by atoms with E-state index in [9.17, 15) is 19.5 Å². The molecule has 1 aliphatic rings. The number of carboxylic acids is 1. The van der Waals surface area contributed by atoms with Crippen LogP contribution in [0.4, 0.5) is 19.7 Å². The quantitative estimate of drug-likeness (QED) is 0.206. The monoisotopic (exact) mass is 659 g/mol. The first-order valence-electron chi connectivity index (χ1n) is 15.6. The average molecular weight is 660 g/mol. The van der Waals surface area contributed by atoms with Crippen LogP contribution in [0.25, 0.3) is 10.8 Å². The molecular weight excluding hydrogens is 621 g/mol. The SMILES string of the molecule is C[C@H](c1cccc2ccccc12)N(CC1CN(C(=O)Nc2ccc(C(=O)O)cc2Cl)CCC1c1ccccc1F)C(=O)OC(C)(C)C. The fourth-order valence-electron chi connectivity index (χ4n) is 6.28. The predicted octanol–water partition coefficient (Wildman–Crippen LogP) is 8.97. The molecule has 4 aromatic carbocycles. The first-order chi connectivity index (χ1) is 22.3. The predicted molar refractivity (Wildman–Crippen MR) is 182 cm³/mol. The van der Waals surface area contributed by atoms with Crippen molar-refractivity contribution >= 4 is 46.2 Å². The van der Waals surface area contributed by atoms with E-state index in [4.69, 9.17) is 16.3 Å². The second-order valence-corrected chi connectivity index (χ2v) is 13.3.